The van der Waals surface area contributed by atoms with Gasteiger partial charge in [-0.05, 0) is 53.4 Å². The number of carboxylic acid groups (broad SMARTS) is 1. The molecule has 55 heavy (non-hydrogen) atoms. The zero-order chi connectivity index (χ0) is 40.2. The van der Waals surface area contributed by atoms with E-state index in [1.54, 1.807) is 0 Å². The minimum absolute atomic E-state index is 0. The molecule has 7 nitrogen and oxygen atoms in total. The molecule has 338 valence electrons. The number of nitrogens with zero attached hydrogens (tertiary/aromatic N) is 1. The van der Waals surface area contributed by atoms with Crippen LogP contribution in [0.3, 0.4) is 0 Å². The molecule has 0 radical (unpaired) electrons. The van der Waals surface area contributed by atoms with E-state index in [0.717, 1.165) is 17.3 Å². The zero-order valence-corrected chi connectivity index (χ0v) is 41.2. The number of aliphatic carboxylic acids is 1. The molecule has 0 N–H and O–H groups in total. The Bertz CT molecular complexity index is 675. The van der Waals surface area contributed by atoms with Gasteiger partial charge in [-0.15, -0.1) is 0 Å². The molecule has 0 saturated carbocycles. The smallest absolute Gasteiger partial charge is 1.00 e. The maximum absolute atomic E-state index is 10.2. The number of unbranched alkanes of at least 4 members (excludes halogenated alkanes) is 27. The fraction of sp³-hybridized carbons (Fsp3) is 0.978. The van der Waals surface area contributed by atoms with Crippen molar-refractivity contribution in [1.29, 1.82) is 0 Å². The maximum Gasteiger partial charge on any atom is 1.00 e. The molecular weight excluding hydrogens is 773 g/mol. The van der Waals surface area contributed by atoms with E-state index in [9.17, 15) is 9.90 Å². The predicted molar refractivity (Wildman–Crippen MR) is 230 cm³/mol. The molecule has 0 aliphatic carbocycles. The van der Waals surface area contributed by atoms with Gasteiger partial charge in [0.1, 0.15) is 0 Å². The van der Waals surface area contributed by atoms with Gasteiger partial charge in [0, 0.05) is 32.4 Å². The number of carboxylic acids is 1. The van der Waals surface area contributed by atoms with Gasteiger partial charge >= 0.3 is 25.8 Å². The topological polar surface area (TPSA) is 77.1 Å². The second kappa shape index (κ2) is 52.3. The summed E-state index contributed by atoms with van der Waals surface area (Å²) in [6.45, 7) is 15.7. The molecule has 0 spiro atoms. The summed E-state index contributed by atoms with van der Waals surface area (Å²) in [4.78, 5) is 10.2. The van der Waals surface area contributed by atoms with Crippen LogP contribution in [0.2, 0.25) is 0 Å². The Hall–Kier alpha value is 0.283. The fourth-order valence-corrected chi connectivity index (χ4v) is 8.29. The van der Waals surface area contributed by atoms with E-state index in [-0.39, 0.29) is 35.6 Å². The Morgan fingerprint density at radius 1 is 0.418 bits per heavy atom. The monoisotopic (exact) mass is 870 g/mol. The van der Waals surface area contributed by atoms with E-state index in [2.05, 4.69) is 35.0 Å². The summed E-state index contributed by atoms with van der Waals surface area (Å²) in [5, 5.41) is 10.2. The zero-order valence-electron chi connectivity index (χ0n) is 38.4. The van der Waals surface area contributed by atoms with E-state index in [1.165, 1.54) is 180 Å². The average Bonchev–Trinajstić information content (AvgIpc) is 3.10. The van der Waals surface area contributed by atoms with Gasteiger partial charge in [0.05, 0.1) is 27.7 Å². The van der Waals surface area contributed by atoms with E-state index in [1.807, 2.05) is 27.7 Å². The van der Waals surface area contributed by atoms with Gasteiger partial charge in [0.2, 0.25) is 0 Å². The first-order chi connectivity index (χ1) is 25.6. The SMILES string of the molecule is CCCCCCCCCCCCCCCCCC(=O)[O-].CCCCCCCCCCCCCCCC[N+](C)(C)C.CCO[Si](OCC)(OCC)OCC.[Cl-].[Co+]. The number of hydrogen-bond acceptors (Lipinski definition) is 6. The molecule has 0 aromatic heterocycles. The minimum atomic E-state index is -2.80. The quantitative estimate of drug-likeness (QED) is 0.0348. The first-order valence-electron chi connectivity index (χ1n) is 23.1. The summed E-state index contributed by atoms with van der Waals surface area (Å²) < 4.78 is 22.8. The van der Waals surface area contributed by atoms with Gasteiger partial charge in [-0.25, -0.2) is 0 Å². The van der Waals surface area contributed by atoms with Crippen molar-refractivity contribution in [2.75, 3.05) is 54.1 Å². The first kappa shape index (κ1) is 64.4. The Morgan fingerprint density at radius 3 is 0.836 bits per heavy atom. The van der Waals surface area contributed by atoms with Crippen molar-refractivity contribution >= 4 is 15.0 Å². The van der Waals surface area contributed by atoms with Crippen LogP contribution in [0.5, 0.6) is 0 Å². The summed E-state index contributed by atoms with van der Waals surface area (Å²) in [5.74, 6) is -0.903. The third-order valence-electron chi connectivity index (χ3n) is 9.45. The van der Waals surface area contributed by atoms with Crippen molar-refractivity contribution in [2.24, 2.45) is 0 Å². The van der Waals surface area contributed by atoms with E-state index in [4.69, 9.17) is 17.7 Å². The number of carbonyl (C=O) groups excluding carboxylic acids is 1. The van der Waals surface area contributed by atoms with Gasteiger partial charge in [0.25, 0.3) is 0 Å². The van der Waals surface area contributed by atoms with Gasteiger partial charge in [-0.2, -0.15) is 0 Å². The van der Waals surface area contributed by atoms with Crippen molar-refractivity contribution in [3.63, 3.8) is 0 Å². The van der Waals surface area contributed by atoms with E-state index in [0.29, 0.717) is 26.4 Å². The summed E-state index contributed by atoms with van der Waals surface area (Å²) in [5.41, 5.74) is 0. The molecular formula is C45H97ClCoNO6Si. The van der Waals surface area contributed by atoms with Crippen molar-refractivity contribution in [2.45, 2.75) is 234 Å². The van der Waals surface area contributed by atoms with Crippen molar-refractivity contribution < 1.29 is 61.3 Å². The molecule has 0 aliphatic rings. The van der Waals surface area contributed by atoms with Crippen LogP contribution in [-0.2, 0) is 39.3 Å². The molecule has 0 fully saturated rings. The molecule has 0 atom stereocenters. The summed E-state index contributed by atoms with van der Waals surface area (Å²) in [6.07, 6.45) is 40.2. The van der Waals surface area contributed by atoms with Crippen LogP contribution >= 0.6 is 0 Å². The van der Waals surface area contributed by atoms with Gasteiger partial charge in [0.15, 0.2) is 0 Å². The van der Waals surface area contributed by atoms with Crippen LogP contribution in [-0.4, -0.2) is 73.6 Å². The summed E-state index contributed by atoms with van der Waals surface area (Å²) >= 11 is 0. The maximum atomic E-state index is 10.2. The van der Waals surface area contributed by atoms with Crippen molar-refractivity contribution in [3.05, 3.63) is 0 Å². The Balaban J connectivity index is -0.000000229. The average molecular weight is 871 g/mol. The van der Waals surface area contributed by atoms with Crippen LogP contribution in [0.15, 0.2) is 0 Å². The Kier molecular flexibility index (Phi) is 61.3. The van der Waals surface area contributed by atoms with Gasteiger partial charge in [-0.1, -0.05) is 181 Å². The first-order valence-corrected chi connectivity index (χ1v) is 24.8. The normalized spacial score (nSPS) is 11.1. The van der Waals surface area contributed by atoms with Crippen LogP contribution in [0, 0.1) is 0 Å². The molecule has 10 heteroatoms. The Morgan fingerprint density at radius 2 is 0.636 bits per heavy atom. The van der Waals surface area contributed by atoms with Crippen LogP contribution in [0.25, 0.3) is 0 Å². The number of halogens is 1. The minimum Gasteiger partial charge on any atom is -1.00 e. The van der Waals surface area contributed by atoms with Crippen molar-refractivity contribution in [3.8, 4) is 0 Å². The standard InChI is InChI=1S/C19H42N.C18H36O2.C8H20O4Si.ClH.Co/c1-5-6-7-8-9-10-11-12-13-14-15-16-17-18-19-20(2,3)4;1-2-3-4-5-6-7-8-9-10-11-12-13-14-15-16-17-18(19)20;1-5-9-13(10-6-2,11-7-3)12-8-4;;/h5-19H2,1-4H3;2-17H2,1H3,(H,19,20);5-8H2,1-4H3;1H;/q+1;;;;+1/p-2. The molecule has 0 aromatic carbocycles. The summed E-state index contributed by atoms with van der Waals surface area (Å²) in [6, 6.07) is 0. The van der Waals surface area contributed by atoms with Gasteiger partial charge in [-0.3, -0.25) is 0 Å². The number of carbonyl (C=O) groups is 1. The van der Waals surface area contributed by atoms with E-state index >= 15 is 0 Å². The molecule has 0 rings (SSSR count). The van der Waals surface area contributed by atoms with Crippen molar-refractivity contribution in [1.82, 2.24) is 0 Å². The fourth-order valence-electron chi connectivity index (χ4n) is 6.38. The van der Waals surface area contributed by atoms with E-state index < -0.39 is 15.0 Å². The second-order valence-electron chi connectivity index (χ2n) is 15.9. The predicted octanol–water partition coefficient (Wildman–Crippen LogP) is 9.74. The Labute approximate surface area is 363 Å². The number of rotatable bonds is 39. The van der Waals surface area contributed by atoms with Crippen LogP contribution < -0.4 is 17.5 Å². The molecule has 0 saturated heterocycles. The van der Waals surface area contributed by atoms with Gasteiger partial charge < -0.3 is 44.5 Å². The molecule has 0 unspecified atom stereocenters. The molecule has 0 heterocycles. The van der Waals surface area contributed by atoms with Crippen LogP contribution in [0.1, 0.15) is 234 Å². The number of quaternary nitrogens is 1. The molecule has 0 amide bonds. The molecule has 0 aliphatic heterocycles. The molecule has 0 bridgehead atoms. The number of hydrogen-bond donors (Lipinski definition) is 0. The second-order valence-corrected chi connectivity index (χ2v) is 18.1. The molecule has 0 aromatic rings. The third kappa shape index (κ3) is 58.7. The summed E-state index contributed by atoms with van der Waals surface area (Å²) in [7, 11) is 4.09. The third-order valence-corrected chi connectivity index (χ3v) is 12.0. The largest absolute Gasteiger partial charge is 1.00 e. The van der Waals surface area contributed by atoms with Crippen LogP contribution in [0.4, 0.5) is 0 Å².